The third-order valence-corrected chi connectivity index (χ3v) is 5.98. The van der Waals surface area contributed by atoms with Crippen molar-refractivity contribution in [3.63, 3.8) is 0 Å². The van der Waals surface area contributed by atoms with Crippen LogP contribution in [0.25, 0.3) is 27.8 Å². The summed E-state index contributed by atoms with van der Waals surface area (Å²) in [5.74, 6) is 0. The molecule has 5 aromatic rings. The normalized spacial score (nSPS) is 11.1. The van der Waals surface area contributed by atoms with Crippen LogP contribution in [-0.2, 0) is 0 Å². The molecule has 174 valence electrons. The van der Waals surface area contributed by atoms with Crippen molar-refractivity contribution in [2.24, 2.45) is 5.10 Å². The first-order chi connectivity index (χ1) is 17.5. The summed E-state index contributed by atoms with van der Waals surface area (Å²) in [6.07, 6.45) is 1.52. The lowest BCUT2D eigenvalue weighted by atomic mass is 10.1. The average Bonchev–Trinajstić information content (AvgIpc) is 2.90. The third-order valence-electron chi connectivity index (χ3n) is 5.48. The van der Waals surface area contributed by atoms with Gasteiger partial charge in [0.2, 0.25) is 0 Å². The van der Waals surface area contributed by atoms with Crippen LogP contribution >= 0.6 is 23.2 Å². The van der Waals surface area contributed by atoms with Crippen LogP contribution in [0.15, 0.2) is 99.6 Å². The highest BCUT2D eigenvalue weighted by atomic mass is 35.5. The highest BCUT2D eigenvalue weighted by Crippen LogP contribution is 2.24. The number of nitrogens with zero attached hydrogens (tertiary/aromatic N) is 5. The van der Waals surface area contributed by atoms with Crippen molar-refractivity contribution in [2.75, 3.05) is 0 Å². The highest BCUT2D eigenvalue weighted by Gasteiger charge is 2.19. The van der Waals surface area contributed by atoms with E-state index in [2.05, 4.69) is 10.2 Å². The van der Waals surface area contributed by atoms with Gasteiger partial charge in [0.25, 0.3) is 11.1 Å². The topological polar surface area (TPSA) is 93.0 Å². The fourth-order valence-corrected chi connectivity index (χ4v) is 3.96. The maximum atomic E-state index is 13.7. The predicted octanol–water partition coefficient (Wildman–Crippen LogP) is 5.28. The van der Waals surface area contributed by atoms with E-state index in [1.807, 2.05) is 6.07 Å². The number of nitriles is 1. The number of hydrogen-bond acceptors (Lipinski definition) is 5. The zero-order valence-electron chi connectivity index (χ0n) is 18.5. The molecule has 2 aromatic heterocycles. The van der Waals surface area contributed by atoms with Crippen LogP contribution in [0.2, 0.25) is 10.0 Å². The van der Waals surface area contributed by atoms with Crippen molar-refractivity contribution >= 4 is 40.3 Å². The molecule has 0 saturated carbocycles. The zero-order chi connectivity index (χ0) is 25.2. The highest BCUT2D eigenvalue weighted by molar-refractivity contribution is 6.30. The number of aromatic nitrogens is 3. The van der Waals surface area contributed by atoms with Crippen molar-refractivity contribution < 1.29 is 0 Å². The Kier molecular flexibility index (Phi) is 6.21. The first-order valence-electron chi connectivity index (χ1n) is 10.7. The summed E-state index contributed by atoms with van der Waals surface area (Å²) in [5.41, 5.74) is 0.647. The minimum atomic E-state index is -0.625. The Morgan fingerprint density at radius 2 is 1.50 bits per heavy atom. The van der Waals surface area contributed by atoms with Crippen molar-refractivity contribution in [1.82, 2.24) is 14.5 Å². The molecule has 0 amide bonds. The standard InChI is InChI=1S/C27H15Cl2N5O2/c28-19-10-6-17(7-11-19)16-31-34-24(18-8-12-20(29)13-9-18)14-22-23(15-30)26(35)33(32-25(22)27(34)36)21-4-2-1-3-5-21/h1-14,16H. The lowest BCUT2D eigenvalue weighted by Gasteiger charge is -2.13. The largest absolute Gasteiger partial charge is 0.299 e. The molecule has 0 atom stereocenters. The van der Waals surface area contributed by atoms with Gasteiger partial charge in [0, 0.05) is 21.0 Å². The summed E-state index contributed by atoms with van der Waals surface area (Å²) in [4.78, 5) is 26.9. The molecule has 0 aliphatic carbocycles. The van der Waals surface area contributed by atoms with E-state index in [0.717, 1.165) is 4.68 Å². The van der Waals surface area contributed by atoms with Gasteiger partial charge in [-0.25, -0.2) is 0 Å². The van der Waals surface area contributed by atoms with E-state index < -0.39 is 11.1 Å². The number of hydrogen-bond donors (Lipinski definition) is 0. The molecule has 36 heavy (non-hydrogen) atoms. The number of halogens is 2. The summed E-state index contributed by atoms with van der Waals surface area (Å²) in [7, 11) is 0. The fourth-order valence-electron chi connectivity index (χ4n) is 3.71. The van der Waals surface area contributed by atoms with E-state index in [4.69, 9.17) is 23.2 Å². The average molecular weight is 512 g/mol. The lowest BCUT2D eigenvalue weighted by molar-refractivity contribution is 0.802. The number of fused-ring (bicyclic) bond motifs is 1. The van der Waals surface area contributed by atoms with E-state index in [9.17, 15) is 14.9 Å². The van der Waals surface area contributed by atoms with Gasteiger partial charge >= 0.3 is 0 Å². The minimum absolute atomic E-state index is 0.0685. The molecular weight excluding hydrogens is 497 g/mol. The smallest absolute Gasteiger partial charge is 0.266 e. The predicted molar refractivity (Wildman–Crippen MR) is 141 cm³/mol. The number of benzene rings is 3. The van der Waals surface area contributed by atoms with Crippen LogP contribution < -0.4 is 11.1 Å². The summed E-state index contributed by atoms with van der Waals surface area (Å²) >= 11 is 12.0. The molecule has 0 fully saturated rings. The van der Waals surface area contributed by atoms with Gasteiger partial charge in [0.05, 0.1) is 17.6 Å². The Morgan fingerprint density at radius 1 is 0.861 bits per heavy atom. The molecule has 0 bridgehead atoms. The molecule has 0 aliphatic heterocycles. The zero-order valence-corrected chi connectivity index (χ0v) is 20.0. The van der Waals surface area contributed by atoms with Gasteiger partial charge in [-0.15, -0.1) is 0 Å². The molecule has 2 heterocycles. The van der Waals surface area contributed by atoms with Crippen molar-refractivity contribution in [1.29, 1.82) is 5.26 Å². The van der Waals surface area contributed by atoms with Gasteiger partial charge in [0.15, 0.2) is 5.52 Å². The van der Waals surface area contributed by atoms with Crippen LogP contribution in [0, 0.1) is 11.3 Å². The Labute approximate surface area is 214 Å². The Bertz CT molecular complexity index is 1780. The summed E-state index contributed by atoms with van der Waals surface area (Å²) in [5, 5.41) is 19.9. The second-order valence-electron chi connectivity index (χ2n) is 7.75. The van der Waals surface area contributed by atoms with Gasteiger partial charge in [-0.05, 0) is 48.0 Å². The maximum Gasteiger partial charge on any atom is 0.299 e. The van der Waals surface area contributed by atoms with Crippen LogP contribution in [0.3, 0.4) is 0 Å². The molecule has 0 aliphatic rings. The van der Waals surface area contributed by atoms with Gasteiger partial charge in [-0.2, -0.15) is 24.8 Å². The van der Waals surface area contributed by atoms with Crippen LogP contribution in [0.1, 0.15) is 11.1 Å². The number of pyridine rings is 1. The van der Waals surface area contributed by atoms with E-state index in [1.54, 1.807) is 84.9 Å². The van der Waals surface area contributed by atoms with E-state index in [1.165, 1.54) is 10.9 Å². The lowest BCUT2D eigenvalue weighted by Crippen LogP contribution is -2.28. The second-order valence-corrected chi connectivity index (χ2v) is 8.62. The first-order valence-corrected chi connectivity index (χ1v) is 11.5. The van der Waals surface area contributed by atoms with E-state index in [0.29, 0.717) is 32.6 Å². The first kappa shape index (κ1) is 23.2. The van der Waals surface area contributed by atoms with Gasteiger partial charge in [-0.3, -0.25) is 9.59 Å². The second kappa shape index (κ2) is 9.62. The molecule has 3 aromatic carbocycles. The fraction of sp³-hybridized carbons (Fsp3) is 0. The van der Waals surface area contributed by atoms with Crippen LogP contribution in [0.5, 0.6) is 0 Å². The molecule has 7 nitrogen and oxygen atoms in total. The van der Waals surface area contributed by atoms with Crippen LogP contribution in [-0.4, -0.2) is 20.7 Å². The van der Waals surface area contributed by atoms with Gasteiger partial charge in [0.1, 0.15) is 11.6 Å². The van der Waals surface area contributed by atoms with Crippen molar-refractivity contribution in [3.8, 4) is 23.0 Å². The van der Waals surface area contributed by atoms with Gasteiger partial charge in [-0.1, -0.05) is 65.7 Å². The monoisotopic (exact) mass is 511 g/mol. The minimum Gasteiger partial charge on any atom is -0.266 e. The molecule has 0 spiro atoms. The molecular formula is C27H15Cl2N5O2. The quantitative estimate of drug-likeness (QED) is 0.307. The van der Waals surface area contributed by atoms with Crippen molar-refractivity contribution in [3.05, 3.63) is 127 Å². The molecule has 5 rings (SSSR count). The SMILES string of the molecule is N#Cc1c(=O)n(-c2ccccc2)nc2c(=O)n(N=Cc3ccc(Cl)cc3)c(-c3ccc(Cl)cc3)cc12. The Morgan fingerprint density at radius 3 is 2.14 bits per heavy atom. The maximum absolute atomic E-state index is 13.7. The molecule has 9 heteroatoms. The molecule has 0 N–H and O–H groups in total. The molecule has 0 radical (unpaired) electrons. The molecule has 0 saturated heterocycles. The number of para-hydroxylation sites is 1. The van der Waals surface area contributed by atoms with Crippen LogP contribution in [0.4, 0.5) is 0 Å². The summed E-state index contributed by atoms with van der Waals surface area (Å²) in [6, 6.07) is 25.9. The third kappa shape index (κ3) is 4.31. The van der Waals surface area contributed by atoms with E-state index >= 15 is 0 Å². The Balaban J connectivity index is 1.83. The summed E-state index contributed by atoms with van der Waals surface area (Å²) < 4.78 is 2.24. The number of rotatable bonds is 4. The summed E-state index contributed by atoms with van der Waals surface area (Å²) in [6.45, 7) is 0. The molecule has 0 unspecified atom stereocenters. The Hall–Kier alpha value is -4.51. The van der Waals surface area contributed by atoms with Gasteiger partial charge < -0.3 is 0 Å². The van der Waals surface area contributed by atoms with E-state index in [-0.39, 0.29) is 16.5 Å². The van der Waals surface area contributed by atoms with Crippen molar-refractivity contribution in [2.45, 2.75) is 0 Å².